The quantitative estimate of drug-likeness (QED) is 0.801. The van der Waals surface area contributed by atoms with Crippen molar-refractivity contribution in [3.8, 4) is 5.75 Å². The molecule has 4 heteroatoms. The Balaban J connectivity index is 1.96. The number of esters is 1. The van der Waals surface area contributed by atoms with E-state index in [1.54, 1.807) is 7.11 Å². The fraction of sp³-hybridized carbons (Fsp3) is 0.471. The van der Waals surface area contributed by atoms with Crippen LogP contribution in [0.4, 0.5) is 0 Å². The molecule has 1 fully saturated rings. The molecule has 1 aliphatic heterocycles. The Morgan fingerprint density at radius 1 is 1.19 bits per heavy atom. The molecule has 0 saturated heterocycles. The minimum absolute atomic E-state index is 0.276. The van der Waals surface area contributed by atoms with E-state index in [1.807, 2.05) is 24.3 Å². The number of benzene rings is 1. The summed E-state index contributed by atoms with van der Waals surface area (Å²) in [5.41, 5.74) is -0.207. The van der Waals surface area contributed by atoms with Gasteiger partial charge in [-0.1, -0.05) is 6.92 Å². The molecule has 0 N–H and O–H groups in total. The number of ether oxygens (including phenoxy) is 3. The zero-order valence-corrected chi connectivity index (χ0v) is 12.6. The van der Waals surface area contributed by atoms with Gasteiger partial charge in [-0.2, -0.15) is 0 Å². The highest BCUT2D eigenvalue weighted by Gasteiger charge is 2.62. The van der Waals surface area contributed by atoms with Gasteiger partial charge < -0.3 is 14.2 Å². The van der Waals surface area contributed by atoms with Gasteiger partial charge in [0.2, 0.25) is 5.60 Å². The van der Waals surface area contributed by atoms with E-state index in [0.717, 1.165) is 29.9 Å². The van der Waals surface area contributed by atoms with Crippen LogP contribution in [0.15, 0.2) is 30.3 Å². The number of carbonyl (C=O) groups is 1. The summed E-state index contributed by atoms with van der Waals surface area (Å²) in [5.74, 6) is 1.28. The fourth-order valence-electron chi connectivity index (χ4n) is 3.49. The van der Waals surface area contributed by atoms with Gasteiger partial charge in [-0.25, -0.2) is 4.79 Å². The third-order valence-electron chi connectivity index (χ3n) is 4.77. The topological polar surface area (TPSA) is 44.8 Å². The van der Waals surface area contributed by atoms with Crippen LogP contribution in [-0.4, -0.2) is 25.8 Å². The van der Waals surface area contributed by atoms with Crippen LogP contribution in [0.3, 0.4) is 0 Å². The van der Waals surface area contributed by atoms with Gasteiger partial charge >= 0.3 is 5.97 Å². The lowest BCUT2D eigenvalue weighted by molar-refractivity contribution is -0.166. The molecule has 0 aromatic heterocycles. The van der Waals surface area contributed by atoms with Crippen molar-refractivity contribution in [1.29, 1.82) is 0 Å². The maximum absolute atomic E-state index is 12.3. The largest absolute Gasteiger partial charge is 0.497 e. The van der Waals surface area contributed by atoms with E-state index in [9.17, 15) is 4.79 Å². The molecule has 1 heterocycles. The van der Waals surface area contributed by atoms with Gasteiger partial charge in [-0.05, 0) is 49.6 Å². The van der Waals surface area contributed by atoms with Crippen LogP contribution in [0.2, 0.25) is 0 Å². The second-order valence-corrected chi connectivity index (χ2v) is 5.93. The Labute approximate surface area is 124 Å². The Kier molecular flexibility index (Phi) is 3.19. The number of rotatable bonds is 3. The molecular weight excluding hydrogens is 268 g/mol. The highest BCUT2D eigenvalue weighted by atomic mass is 16.6. The van der Waals surface area contributed by atoms with E-state index in [0.29, 0.717) is 6.42 Å². The van der Waals surface area contributed by atoms with Crippen LogP contribution in [0, 0.1) is 5.41 Å². The van der Waals surface area contributed by atoms with Gasteiger partial charge in [0.25, 0.3) is 0 Å². The zero-order valence-electron chi connectivity index (χ0n) is 12.6. The molecule has 1 aromatic carbocycles. The van der Waals surface area contributed by atoms with Crippen LogP contribution in [0.1, 0.15) is 31.7 Å². The number of methoxy groups -OCH3 is 2. The first-order chi connectivity index (χ1) is 10.0. The summed E-state index contributed by atoms with van der Waals surface area (Å²) in [6.07, 6.45) is 4.69. The average Bonchev–Trinajstić information content (AvgIpc) is 2.97. The molecule has 1 saturated carbocycles. The molecule has 4 nitrogen and oxygen atoms in total. The summed E-state index contributed by atoms with van der Waals surface area (Å²) in [6.45, 7) is 2.08. The van der Waals surface area contributed by atoms with Crippen molar-refractivity contribution in [3.05, 3.63) is 35.9 Å². The Morgan fingerprint density at radius 3 is 2.52 bits per heavy atom. The van der Waals surface area contributed by atoms with E-state index in [-0.39, 0.29) is 11.4 Å². The molecule has 21 heavy (non-hydrogen) atoms. The smallest absolute Gasteiger partial charge is 0.351 e. The minimum Gasteiger partial charge on any atom is -0.497 e. The normalized spacial score (nSPS) is 30.3. The van der Waals surface area contributed by atoms with Crippen molar-refractivity contribution < 1.29 is 19.0 Å². The van der Waals surface area contributed by atoms with Gasteiger partial charge in [-0.3, -0.25) is 0 Å². The van der Waals surface area contributed by atoms with Gasteiger partial charge in [0.1, 0.15) is 11.5 Å². The molecule has 0 radical (unpaired) electrons. The van der Waals surface area contributed by atoms with Crippen molar-refractivity contribution in [2.75, 3.05) is 14.2 Å². The molecule has 1 aliphatic carbocycles. The maximum Gasteiger partial charge on any atom is 0.351 e. The van der Waals surface area contributed by atoms with Crippen LogP contribution in [0.25, 0.3) is 5.76 Å². The molecule has 0 spiro atoms. The number of hydrogen-bond donors (Lipinski definition) is 0. The number of fused-ring (bicyclic) bond motifs is 1. The molecule has 112 valence electrons. The predicted molar refractivity (Wildman–Crippen MR) is 78.8 cm³/mol. The van der Waals surface area contributed by atoms with Crippen molar-refractivity contribution in [2.24, 2.45) is 5.41 Å². The lowest BCUT2D eigenvalue weighted by Crippen LogP contribution is -2.47. The summed E-state index contributed by atoms with van der Waals surface area (Å²) >= 11 is 0. The summed E-state index contributed by atoms with van der Waals surface area (Å²) in [5, 5.41) is 0. The lowest BCUT2D eigenvalue weighted by atomic mass is 9.77. The van der Waals surface area contributed by atoms with Gasteiger partial charge in [-0.15, -0.1) is 0 Å². The first kappa shape index (κ1) is 14.0. The Hall–Kier alpha value is -1.97. The van der Waals surface area contributed by atoms with Crippen LogP contribution in [-0.2, 0) is 14.3 Å². The summed E-state index contributed by atoms with van der Waals surface area (Å²) in [7, 11) is 3.06. The van der Waals surface area contributed by atoms with Crippen molar-refractivity contribution in [2.45, 2.75) is 31.8 Å². The standard InChI is InChI=1S/C17H20O4/c1-16-9-4-10-17(16,15(18)20-3)21-14(11-16)12-5-7-13(19-2)8-6-12/h5-8,11H,4,9-10H2,1-3H3/t16-,17+/m0/s1. The molecule has 0 unspecified atom stereocenters. The average molecular weight is 288 g/mol. The highest BCUT2D eigenvalue weighted by molar-refractivity contribution is 5.85. The second-order valence-electron chi connectivity index (χ2n) is 5.93. The Morgan fingerprint density at radius 2 is 1.90 bits per heavy atom. The fourth-order valence-corrected chi connectivity index (χ4v) is 3.49. The second kappa shape index (κ2) is 4.79. The van der Waals surface area contributed by atoms with E-state index < -0.39 is 5.60 Å². The summed E-state index contributed by atoms with van der Waals surface area (Å²) in [6, 6.07) is 7.67. The Bertz CT molecular complexity index is 589. The molecular formula is C17H20O4. The predicted octanol–water partition coefficient (Wildman–Crippen LogP) is 3.17. The van der Waals surface area contributed by atoms with Crippen LogP contribution >= 0.6 is 0 Å². The third-order valence-corrected chi connectivity index (χ3v) is 4.77. The zero-order chi connectivity index (χ0) is 15.1. The van der Waals surface area contributed by atoms with E-state index in [4.69, 9.17) is 14.2 Å². The van der Waals surface area contributed by atoms with E-state index in [2.05, 4.69) is 13.0 Å². The molecule has 0 bridgehead atoms. The van der Waals surface area contributed by atoms with Gasteiger partial charge in [0.05, 0.1) is 14.2 Å². The summed E-state index contributed by atoms with van der Waals surface area (Å²) in [4.78, 5) is 12.3. The lowest BCUT2D eigenvalue weighted by Gasteiger charge is -2.33. The van der Waals surface area contributed by atoms with Crippen molar-refractivity contribution >= 4 is 11.7 Å². The molecule has 0 amide bonds. The highest BCUT2D eigenvalue weighted by Crippen LogP contribution is 2.57. The molecule has 2 aliphatic rings. The van der Waals surface area contributed by atoms with Crippen molar-refractivity contribution in [3.63, 3.8) is 0 Å². The van der Waals surface area contributed by atoms with E-state index >= 15 is 0 Å². The molecule has 2 atom stereocenters. The molecule has 3 rings (SSSR count). The number of hydrogen-bond acceptors (Lipinski definition) is 4. The first-order valence-corrected chi connectivity index (χ1v) is 7.19. The SMILES string of the molecule is COC(=O)[C@]12CCC[C@@]1(C)C=C(c1ccc(OC)cc1)O2. The van der Waals surface area contributed by atoms with E-state index in [1.165, 1.54) is 7.11 Å². The van der Waals surface area contributed by atoms with Gasteiger partial charge in [0.15, 0.2) is 0 Å². The number of carbonyl (C=O) groups excluding carboxylic acids is 1. The van der Waals surface area contributed by atoms with Gasteiger partial charge in [0, 0.05) is 11.0 Å². The monoisotopic (exact) mass is 288 g/mol. The first-order valence-electron chi connectivity index (χ1n) is 7.19. The van der Waals surface area contributed by atoms with Crippen LogP contribution < -0.4 is 4.74 Å². The molecule has 1 aromatic rings. The third kappa shape index (κ3) is 1.93. The minimum atomic E-state index is -0.864. The summed E-state index contributed by atoms with van der Waals surface area (Å²) < 4.78 is 16.3. The van der Waals surface area contributed by atoms with Crippen LogP contribution in [0.5, 0.6) is 5.75 Å². The maximum atomic E-state index is 12.3. The van der Waals surface area contributed by atoms with Crippen molar-refractivity contribution in [1.82, 2.24) is 0 Å².